The number of carbonyl (C=O) groups is 1. The van der Waals surface area contributed by atoms with Gasteiger partial charge in [0.05, 0.1) is 12.3 Å². The average Bonchev–Trinajstić information content (AvgIpc) is 3.62. The van der Waals surface area contributed by atoms with Crippen molar-refractivity contribution in [1.82, 2.24) is 14.9 Å². The molecule has 2 aromatic rings. The largest absolute Gasteiger partial charge is 0.378 e. The molecule has 1 aliphatic heterocycles. The van der Waals surface area contributed by atoms with Crippen molar-refractivity contribution in [3.8, 4) is 0 Å². The van der Waals surface area contributed by atoms with E-state index in [1.54, 1.807) is 7.11 Å². The van der Waals surface area contributed by atoms with Gasteiger partial charge >= 0.3 is 0 Å². The van der Waals surface area contributed by atoms with Crippen LogP contribution in [0.2, 0.25) is 0 Å². The summed E-state index contributed by atoms with van der Waals surface area (Å²) in [6.45, 7) is 12.3. The molecule has 0 radical (unpaired) electrons. The molecule has 1 aromatic heterocycles. The van der Waals surface area contributed by atoms with E-state index in [0.29, 0.717) is 18.4 Å². The zero-order valence-electron chi connectivity index (χ0n) is 20.9. The van der Waals surface area contributed by atoms with E-state index in [9.17, 15) is 4.79 Å². The molecule has 2 heterocycles. The van der Waals surface area contributed by atoms with E-state index in [4.69, 9.17) is 14.7 Å². The molecule has 0 spiro atoms. The van der Waals surface area contributed by atoms with Gasteiger partial charge in [-0.2, -0.15) is 0 Å². The monoisotopic (exact) mass is 450 g/mol. The standard InChI is InChI=1S/C27H38N4O2/c1-18(2)14-25-28-24(17-33-5)23(16-22-15-19(3)6-7-20(22)4)26(29-25)30-10-12-31(13-11-30)27(32)21-8-9-21/h6-7,15,18,21H,8-14,16-17H2,1-5H3. The number of amides is 1. The summed E-state index contributed by atoms with van der Waals surface area (Å²) >= 11 is 0. The summed E-state index contributed by atoms with van der Waals surface area (Å²) < 4.78 is 5.58. The normalized spacial score (nSPS) is 16.5. The van der Waals surface area contributed by atoms with Gasteiger partial charge in [0.15, 0.2) is 0 Å². The molecule has 1 saturated carbocycles. The quantitative estimate of drug-likeness (QED) is 0.606. The van der Waals surface area contributed by atoms with Crippen molar-refractivity contribution in [3.05, 3.63) is 52.0 Å². The van der Waals surface area contributed by atoms with Crippen LogP contribution in [0.25, 0.3) is 0 Å². The zero-order valence-corrected chi connectivity index (χ0v) is 20.9. The highest BCUT2D eigenvalue weighted by atomic mass is 16.5. The molecule has 2 fully saturated rings. The first-order chi connectivity index (χ1) is 15.9. The first-order valence-electron chi connectivity index (χ1n) is 12.3. The van der Waals surface area contributed by atoms with Crippen LogP contribution in [-0.4, -0.2) is 54.1 Å². The number of aromatic nitrogens is 2. The maximum Gasteiger partial charge on any atom is 0.225 e. The Morgan fingerprint density at radius 2 is 1.85 bits per heavy atom. The Bertz CT molecular complexity index is 992. The predicted octanol–water partition coefficient (Wildman–Crippen LogP) is 4.09. The Kier molecular flexibility index (Phi) is 7.32. The summed E-state index contributed by atoms with van der Waals surface area (Å²) in [6.07, 6.45) is 3.74. The van der Waals surface area contributed by atoms with E-state index in [1.165, 1.54) is 16.7 Å². The minimum Gasteiger partial charge on any atom is -0.378 e. The van der Waals surface area contributed by atoms with Crippen LogP contribution in [0.15, 0.2) is 18.2 Å². The Labute approximate surface area is 198 Å². The summed E-state index contributed by atoms with van der Waals surface area (Å²) in [5.74, 6) is 3.00. The molecule has 178 valence electrons. The van der Waals surface area contributed by atoms with Crippen LogP contribution in [-0.2, 0) is 29.0 Å². The van der Waals surface area contributed by atoms with Crippen molar-refractivity contribution in [1.29, 1.82) is 0 Å². The molecule has 33 heavy (non-hydrogen) atoms. The molecule has 1 aromatic carbocycles. The number of nitrogens with zero attached hydrogens (tertiary/aromatic N) is 4. The molecule has 1 aliphatic carbocycles. The summed E-state index contributed by atoms with van der Waals surface area (Å²) in [6, 6.07) is 6.62. The first kappa shape index (κ1) is 23.7. The van der Waals surface area contributed by atoms with Crippen molar-refractivity contribution in [2.75, 3.05) is 38.2 Å². The number of carbonyl (C=O) groups excluding carboxylic acids is 1. The van der Waals surface area contributed by atoms with Crippen LogP contribution in [0.1, 0.15) is 60.5 Å². The number of anilines is 1. The minimum absolute atomic E-state index is 0.279. The molecule has 6 heteroatoms. The zero-order chi connectivity index (χ0) is 23.5. The molecular weight excluding hydrogens is 412 g/mol. The number of rotatable bonds is 8. The van der Waals surface area contributed by atoms with Crippen molar-refractivity contribution in [2.45, 2.75) is 60.0 Å². The summed E-state index contributed by atoms with van der Waals surface area (Å²) in [5.41, 5.74) is 5.97. The molecule has 0 atom stereocenters. The highest BCUT2D eigenvalue weighted by molar-refractivity contribution is 5.81. The van der Waals surface area contributed by atoms with E-state index in [-0.39, 0.29) is 5.92 Å². The second-order valence-corrected chi connectivity index (χ2v) is 10.1. The third kappa shape index (κ3) is 5.72. The van der Waals surface area contributed by atoms with Gasteiger partial charge in [-0.15, -0.1) is 0 Å². The number of benzene rings is 1. The number of ether oxygens (including phenoxy) is 1. The van der Waals surface area contributed by atoms with E-state index >= 15 is 0 Å². The molecule has 4 rings (SSSR count). The van der Waals surface area contributed by atoms with Gasteiger partial charge in [-0.25, -0.2) is 9.97 Å². The molecule has 0 N–H and O–H groups in total. The fourth-order valence-corrected chi connectivity index (χ4v) is 4.63. The lowest BCUT2D eigenvalue weighted by atomic mass is 9.97. The van der Waals surface area contributed by atoms with E-state index < -0.39 is 0 Å². The van der Waals surface area contributed by atoms with Crippen LogP contribution in [0.5, 0.6) is 0 Å². The lowest BCUT2D eigenvalue weighted by Crippen LogP contribution is -2.50. The first-order valence-corrected chi connectivity index (χ1v) is 12.3. The van der Waals surface area contributed by atoms with Crippen molar-refractivity contribution >= 4 is 11.7 Å². The molecule has 1 amide bonds. The van der Waals surface area contributed by atoms with E-state index in [1.807, 2.05) is 4.90 Å². The highest BCUT2D eigenvalue weighted by Gasteiger charge is 2.35. The number of methoxy groups -OCH3 is 1. The van der Waals surface area contributed by atoms with Gasteiger partial charge in [-0.1, -0.05) is 37.6 Å². The average molecular weight is 451 g/mol. The fraction of sp³-hybridized carbons (Fsp3) is 0.593. The topological polar surface area (TPSA) is 58.6 Å². The van der Waals surface area contributed by atoms with Gasteiger partial charge < -0.3 is 14.5 Å². The number of piperazine rings is 1. The van der Waals surface area contributed by atoms with Crippen LogP contribution in [0.3, 0.4) is 0 Å². The second-order valence-electron chi connectivity index (χ2n) is 10.1. The molecule has 1 saturated heterocycles. The summed E-state index contributed by atoms with van der Waals surface area (Å²) in [7, 11) is 1.73. The Balaban J connectivity index is 1.68. The fourth-order valence-electron chi connectivity index (χ4n) is 4.63. The van der Waals surface area contributed by atoms with Crippen LogP contribution >= 0.6 is 0 Å². The van der Waals surface area contributed by atoms with Gasteiger partial charge in [0.2, 0.25) is 5.91 Å². The van der Waals surface area contributed by atoms with Gasteiger partial charge in [-0.3, -0.25) is 4.79 Å². The summed E-state index contributed by atoms with van der Waals surface area (Å²) in [4.78, 5) is 27.0. The van der Waals surface area contributed by atoms with Gasteiger partial charge in [0.1, 0.15) is 11.6 Å². The number of hydrogen-bond acceptors (Lipinski definition) is 5. The number of aryl methyl sites for hydroxylation is 2. The van der Waals surface area contributed by atoms with Crippen LogP contribution in [0, 0.1) is 25.7 Å². The highest BCUT2D eigenvalue weighted by Crippen LogP contribution is 2.32. The van der Waals surface area contributed by atoms with Crippen LogP contribution in [0.4, 0.5) is 5.82 Å². The van der Waals surface area contributed by atoms with Crippen molar-refractivity contribution < 1.29 is 9.53 Å². The van der Waals surface area contributed by atoms with Crippen LogP contribution < -0.4 is 4.90 Å². The third-order valence-electron chi connectivity index (χ3n) is 6.68. The molecule has 2 aliphatic rings. The minimum atomic E-state index is 0.279. The Morgan fingerprint density at radius 3 is 2.48 bits per heavy atom. The molecule has 0 unspecified atom stereocenters. The Hall–Kier alpha value is -2.47. The SMILES string of the molecule is COCc1nc(CC(C)C)nc(N2CCN(C(=O)C3CC3)CC2)c1Cc1cc(C)ccc1C. The Morgan fingerprint density at radius 1 is 1.12 bits per heavy atom. The van der Waals surface area contributed by atoms with Gasteiger partial charge in [0, 0.05) is 57.6 Å². The molecular formula is C27H38N4O2. The van der Waals surface area contributed by atoms with Gasteiger partial charge in [0.25, 0.3) is 0 Å². The smallest absolute Gasteiger partial charge is 0.225 e. The maximum absolute atomic E-state index is 12.6. The number of hydrogen-bond donors (Lipinski definition) is 0. The van der Waals surface area contributed by atoms with Gasteiger partial charge in [-0.05, 0) is 43.7 Å². The predicted molar refractivity (Wildman–Crippen MR) is 132 cm³/mol. The van der Waals surface area contributed by atoms with Crippen molar-refractivity contribution in [2.24, 2.45) is 11.8 Å². The molecule has 6 nitrogen and oxygen atoms in total. The lowest BCUT2D eigenvalue weighted by molar-refractivity contribution is -0.132. The van der Waals surface area contributed by atoms with E-state index in [0.717, 1.165) is 74.8 Å². The summed E-state index contributed by atoms with van der Waals surface area (Å²) in [5, 5.41) is 0. The third-order valence-corrected chi connectivity index (χ3v) is 6.68. The lowest BCUT2D eigenvalue weighted by Gasteiger charge is -2.37. The van der Waals surface area contributed by atoms with Crippen molar-refractivity contribution in [3.63, 3.8) is 0 Å². The molecule has 0 bridgehead atoms. The van der Waals surface area contributed by atoms with E-state index in [2.05, 4.69) is 50.8 Å². The maximum atomic E-state index is 12.6. The second kappa shape index (κ2) is 10.2.